The first-order valence-electron chi connectivity index (χ1n) is 5.63. The molecule has 1 amide bonds. The molecule has 0 atom stereocenters. The number of aromatic nitrogens is 2. The van der Waals surface area contributed by atoms with E-state index in [1.165, 1.54) is 0 Å². The second-order valence-corrected chi connectivity index (χ2v) is 4.81. The molecule has 7 heteroatoms. The van der Waals surface area contributed by atoms with E-state index < -0.39 is 11.1 Å². The maximum atomic E-state index is 11.6. The van der Waals surface area contributed by atoms with Crippen LogP contribution in [0.25, 0.3) is 0 Å². The summed E-state index contributed by atoms with van der Waals surface area (Å²) in [6, 6.07) is 2.26. The minimum atomic E-state index is -0.415. The van der Waals surface area contributed by atoms with Crippen molar-refractivity contribution in [3.05, 3.63) is 32.8 Å². The Kier molecular flexibility index (Phi) is 3.33. The van der Waals surface area contributed by atoms with E-state index >= 15 is 0 Å². The van der Waals surface area contributed by atoms with Gasteiger partial charge in [0.15, 0.2) is 0 Å². The van der Waals surface area contributed by atoms with Gasteiger partial charge in [0.05, 0.1) is 13.2 Å². The average molecular weight is 253 g/mol. The van der Waals surface area contributed by atoms with Crippen LogP contribution in [0.4, 0.5) is 0 Å². The summed E-state index contributed by atoms with van der Waals surface area (Å²) in [4.78, 5) is 34.0. The minimum absolute atomic E-state index is 0.0231. The van der Waals surface area contributed by atoms with Crippen molar-refractivity contribution >= 4 is 5.91 Å². The first kappa shape index (κ1) is 12.6. The number of nitrogens with one attached hydrogen (secondary N) is 2. The van der Waals surface area contributed by atoms with Crippen molar-refractivity contribution < 1.29 is 9.53 Å². The Morgan fingerprint density at radius 3 is 2.83 bits per heavy atom. The maximum Gasteiger partial charge on any atom is 0.265 e. The van der Waals surface area contributed by atoms with Crippen LogP contribution in [0, 0.1) is 5.41 Å². The molecule has 1 aliphatic heterocycles. The average Bonchev–Trinajstić information content (AvgIpc) is 2.29. The largest absolute Gasteiger partial charge is 0.380 e. The molecule has 1 aromatic heterocycles. The molecule has 1 fully saturated rings. The standard InChI is InChI=1S/C11H15N3O4/c1-11(6-18-7-11)5-12-9(16)4-14-10(17)3-2-8(15)13-14/h2-3H,4-7H2,1H3,(H,12,16)(H,13,15). The zero-order valence-corrected chi connectivity index (χ0v) is 10.1. The summed E-state index contributed by atoms with van der Waals surface area (Å²) in [6.07, 6.45) is 0. The molecular formula is C11H15N3O4. The van der Waals surface area contributed by atoms with Gasteiger partial charge in [-0.05, 0) is 0 Å². The number of amides is 1. The molecule has 7 nitrogen and oxygen atoms in total. The molecule has 2 rings (SSSR count). The van der Waals surface area contributed by atoms with E-state index in [0.29, 0.717) is 19.8 Å². The quantitative estimate of drug-likeness (QED) is 0.696. The summed E-state index contributed by atoms with van der Waals surface area (Å²) in [5.74, 6) is -0.313. The normalized spacial score (nSPS) is 16.9. The summed E-state index contributed by atoms with van der Waals surface area (Å²) >= 11 is 0. The highest BCUT2D eigenvalue weighted by molar-refractivity contribution is 5.75. The number of rotatable bonds is 4. The van der Waals surface area contributed by atoms with Gasteiger partial charge >= 0.3 is 0 Å². The SMILES string of the molecule is CC1(CNC(=O)Cn2[nH]c(=O)ccc2=O)COC1. The van der Waals surface area contributed by atoms with E-state index in [0.717, 1.165) is 16.8 Å². The number of H-pyrrole nitrogens is 1. The molecule has 18 heavy (non-hydrogen) atoms. The summed E-state index contributed by atoms with van der Waals surface area (Å²) in [7, 11) is 0. The lowest BCUT2D eigenvalue weighted by atomic mass is 9.89. The lowest BCUT2D eigenvalue weighted by Gasteiger charge is -2.38. The minimum Gasteiger partial charge on any atom is -0.380 e. The zero-order chi connectivity index (χ0) is 13.2. The number of carbonyl (C=O) groups is 1. The topological polar surface area (TPSA) is 93.2 Å². The molecule has 2 N–H and O–H groups in total. The van der Waals surface area contributed by atoms with E-state index in [9.17, 15) is 14.4 Å². The lowest BCUT2D eigenvalue weighted by molar-refractivity contribution is -0.127. The zero-order valence-electron chi connectivity index (χ0n) is 10.1. The Balaban J connectivity index is 1.92. The Hall–Kier alpha value is -1.89. The second-order valence-electron chi connectivity index (χ2n) is 4.81. The van der Waals surface area contributed by atoms with Crippen LogP contribution in [-0.2, 0) is 16.1 Å². The molecule has 0 unspecified atom stereocenters. The predicted molar refractivity (Wildman–Crippen MR) is 63.3 cm³/mol. The highest BCUT2D eigenvalue weighted by Gasteiger charge is 2.33. The van der Waals surface area contributed by atoms with E-state index in [-0.39, 0.29) is 17.9 Å². The van der Waals surface area contributed by atoms with Gasteiger partial charge in [0, 0.05) is 24.1 Å². The smallest absolute Gasteiger partial charge is 0.265 e. The van der Waals surface area contributed by atoms with Crippen LogP contribution in [0.5, 0.6) is 0 Å². The summed E-state index contributed by atoms with van der Waals surface area (Å²) in [5.41, 5.74) is -0.852. The van der Waals surface area contributed by atoms with E-state index in [4.69, 9.17) is 4.74 Å². The van der Waals surface area contributed by atoms with Gasteiger partial charge in [-0.1, -0.05) is 6.92 Å². The van der Waals surface area contributed by atoms with Crippen molar-refractivity contribution in [2.45, 2.75) is 13.5 Å². The number of carbonyl (C=O) groups excluding carboxylic acids is 1. The molecule has 1 saturated heterocycles. The summed E-state index contributed by atoms with van der Waals surface area (Å²) in [5, 5.41) is 5.01. The van der Waals surface area contributed by atoms with Crippen molar-refractivity contribution in [2.24, 2.45) is 5.41 Å². The third-order valence-corrected chi connectivity index (χ3v) is 2.80. The molecule has 0 saturated carbocycles. The Bertz CT molecular complexity index is 556. The Labute approximate surface area is 103 Å². The predicted octanol–water partition coefficient (Wildman–Crippen LogP) is -1.31. The van der Waals surface area contributed by atoms with E-state index in [1.54, 1.807) is 0 Å². The lowest BCUT2D eigenvalue weighted by Crippen LogP contribution is -2.49. The highest BCUT2D eigenvalue weighted by atomic mass is 16.5. The van der Waals surface area contributed by atoms with Gasteiger partial charge in [0.2, 0.25) is 5.91 Å². The Morgan fingerprint density at radius 1 is 1.50 bits per heavy atom. The molecule has 98 valence electrons. The molecule has 2 heterocycles. The van der Waals surface area contributed by atoms with Crippen LogP contribution in [-0.4, -0.2) is 35.4 Å². The van der Waals surface area contributed by atoms with Crippen molar-refractivity contribution in [3.8, 4) is 0 Å². The van der Waals surface area contributed by atoms with Gasteiger partial charge < -0.3 is 10.1 Å². The van der Waals surface area contributed by atoms with Crippen LogP contribution in [0.15, 0.2) is 21.7 Å². The van der Waals surface area contributed by atoms with Crippen LogP contribution in [0.2, 0.25) is 0 Å². The molecule has 0 radical (unpaired) electrons. The summed E-state index contributed by atoms with van der Waals surface area (Å²) in [6.45, 7) is 3.56. The van der Waals surface area contributed by atoms with E-state index in [1.807, 2.05) is 6.92 Å². The molecule has 1 aliphatic rings. The molecule has 1 aromatic rings. The van der Waals surface area contributed by atoms with Crippen LogP contribution >= 0.6 is 0 Å². The first-order chi connectivity index (χ1) is 8.48. The molecule has 0 bridgehead atoms. The molecule has 0 spiro atoms. The number of hydrogen-bond donors (Lipinski definition) is 2. The number of aromatic amines is 1. The fourth-order valence-electron chi connectivity index (χ4n) is 1.64. The third kappa shape index (κ3) is 2.86. The fraction of sp³-hybridized carbons (Fsp3) is 0.545. The van der Waals surface area contributed by atoms with Crippen molar-refractivity contribution in [1.82, 2.24) is 15.1 Å². The van der Waals surface area contributed by atoms with Crippen LogP contribution in [0.1, 0.15) is 6.92 Å². The Morgan fingerprint density at radius 2 is 2.22 bits per heavy atom. The number of nitrogens with zero attached hydrogens (tertiary/aromatic N) is 1. The maximum absolute atomic E-state index is 11.6. The van der Waals surface area contributed by atoms with Crippen molar-refractivity contribution in [2.75, 3.05) is 19.8 Å². The van der Waals surface area contributed by atoms with Crippen molar-refractivity contribution in [1.29, 1.82) is 0 Å². The van der Waals surface area contributed by atoms with Gasteiger partial charge in [0.25, 0.3) is 11.1 Å². The van der Waals surface area contributed by atoms with Crippen LogP contribution in [0.3, 0.4) is 0 Å². The fourth-order valence-corrected chi connectivity index (χ4v) is 1.64. The highest BCUT2D eigenvalue weighted by Crippen LogP contribution is 2.24. The van der Waals surface area contributed by atoms with Gasteiger partial charge in [-0.15, -0.1) is 0 Å². The molecular weight excluding hydrogens is 238 g/mol. The number of ether oxygens (including phenoxy) is 1. The van der Waals surface area contributed by atoms with Crippen molar-refractivity contribution in [3.63, 3.8) is 0 Å². The molecule has 0 aliphatic carbocycles. The summed E-state index contributed by atoms with van der Waals surface area (Å²) < 4.78 is 6.05. The molecule has 0 aromatic carbocycles. The van der Waals surface area contributed by atoms with Gasteiger partial charge in [-0.3, -0.25) is 19.5 Å². The first-order valence-corrected chi connectivity index (χ1v) is 5.63. The third-order valence-electron chi connectivity index (χ3n) is 2.80. The van der Waals surface area contributed by atoms with Gasteiger partial charge in [0.1, 0.15) is 6.54 Å². The van der Waals surface area contributed by atoms with Gasteiger partial charge in [-0.25, -0.2) is 4.68 Å². The monoisotopic (exact) mass is 253 g/mol. The second kappa shape index (κ2) is 4.77. The van der Waals surface area contributed by atoms with Crippen LogP contribution < -0.4 is 16.4 Å². The van der Waals surface area contributed by atoms with Gasteiger partial charge in [-0.2, -0.15) is 0 Å². The van der Waals surface area contributed by atoms with E-state index in [2.05, 4.69) is 10.4 Å². The number of hydrogen-bond acceptors (Lipinski definition) is 4.